The Bertz CT molecular complexity index is 511. The first-order valence-electron chi connectivity index (χ1n) is 8.11. The Kier molecular flexibility index (Phi) is 14.9. The third kappa shape index (κ3) is 11.2. The normalized spacial score (nSPS) is 10.7. The smallest absolute Gasteiger partial charge is 0.303 e. The number of nitrogens with zero attached hydrogens (tertiary/aromatic N) is 2. The number of aromatic nitrogens is 2. The lowest BCUT2D eigenvalue weighted by Gasteiger charge is -2.08. The summed E-state index contributed by atoms with van der Waals surface area (Å²) in [4.78, 5) is 14.9. The molecule has 0 N–H and O–H groups in total. The van der Waals surface area contributed by atoms with Gasteiger partial charge < -0.3 is 9.30 Å². The number of imidazole rings is 1. The standard InChI is InChI=1S/C15H20N2O2.2C2H6/c1-5-6-12(2)7-13(3)9-17-11-16-8-15(17)10-19-14(4)18;2*1-2/h5-8,11H,1,9-10H2,2-4H3;2*1-2H3/b12-6-,13-7+;;. The highest BCUT2D eigenvalue weighted by Gasteiger charge is 2.04. The molecule has 0 atom stereocenters. The Morgan fingerprint density at radius 3 is 2.39 bits per heavy atom. The second-order valence-corrected chi connectivity index (χ2v) is 4.43. The molecule has 0 saturated carbocycles. The van der Waals surface area contributed by atoms with Crippen molar-refractivity contribution in [2.24, 2.45) is 0 Å². The average Bonchev–Trinajstić information content (AvgIpc) is 2.96. The van der Waals surface area contributed by atoms with E-state index < -0.39 is 0 Å². The van der Waals surface area contributed by atoms with Gasteiger partial charge in [0.2, 0.25) is 0 Å². The van der Waals surface area contributed by atoms with Crippen LogP contribution in [0.5, 0.6) is 0 Å². The van der Waals surface area contributed by atoms with Crippen molar-refractivity contribution in [2.75, 3.05) is 0 Å². The van der Waals surface area contributed by atoms with Gasteiger partial charge in [0.15, 0.2) is 0 Å². The molecule has 1 aromatic rings. The fourth-order valence-corrected chi connectivity index (χ4v) is 1.72. The molecule has 0 saturated heterocycles. The molecule has 0 spiro atoms. The summed E-state index contributed by atoms with van der Waals surface area (Å²) in [5.41, 5.74) is 3.22. The lowest BCUT2D eigenvalue weighted by molar-refractivity contribution is -0.142. The summed E-state index contributed by atoms with van der Waals surface area (Å²) in [5, 5.41) is 0. The lowest BCUT2D eigenvalue weighted by Crippen LogP contribution is -2.07. The van der Waals surface area contributed by atoms with Crippen LogP contribution >= 0.6 is 0 Å². The molecule has 1 rings (SSSR count). The second-order valence-electron chi connectivity index (χ2n) is 4.43. The van der Waals surface area contributed by atoms with Gasteiger partial charge in [0.1, 0.15) is 6.61 Å². The molecule has 0 radical (unpaired) electrons. The number of carbonyl (C=O) groups excluding carboxylic acids is 1. The molecule has 23 heavy (non-hydrogen) atoms. The van der Waals surface area contributed by atoms with Crippen LogP contribution in [0.25, 0.3) is 0 Å². The van der Waals surface area contributed by atoms with Gasteiger partial charge >= 0.3 is 5.97 Å². The molecular weight excluding hydrogens is 288 g/mol. The molecule has 130 valence electrons. The molecule has 0 aliphatic heterocycles. The van der Waals surface area contributed by atoms with Crippen LogP contribution in [-0.2, 0) is 22.7 Å². The number of esters is 1. The molecule has 0 fully saturated rings. The minimum Gasteiger partial charge on any atom is -0.459 e. The zero-order valence-corrected chi connectivity index (χ0v) is 15.7. The SMILES string of the molecule is C=C/C=C(C)\C=C(/C)Cn1cncc1COC(C)=O.CC.CC. The van der Waals surface area contributed by atoms with E-state index in [-0.39, 0.29) is 12.6 Å². The van der Waals surface area contributed by atoms with E-state index >= 15 is 0 Å². The van der Waals surface area contributed by atoms with Gasteiger partial charge in [-0.2, -0.15) is 0 Å². The maximum Gasteiger partial charge on any atom is 0.303 e. The summed E-state index contributed by atoms with van der Waals surface area (Å²) >= 11 is 0. The van der Waals surface area contributed by atoms with Crippen LogP contribution in [-0.4, -0.2) is 15.5 Å². The molecule has 0 unspecified atom stereocenters. The fraction of sp³-hybridized carbons (Fsp3) is 0.474. The van der Waals surface area contributed by atoms with E-state index in [1.54, 1.807) is 18.6 Å². The van der Waals surface area contributed by atoms with Crippen molar-refractivity contribution in [1.82, 2.24) is 9.55 Å². The van der Waals surface area contributed by atoms with E-state index in [0.717, 1.165) is 17.8 Å². The van der Waals surface area contributed by atoms with Crippen molar-refractivity contribution in [2.45, 2.75) is 61.6 Å². The fourth-order valence-electron chi connectivity index (χ4n) is 1.72. The maximum absolute atomic E-state index is 10.8. The predicted molar refractivity (Wildman–Crippen MR) is 98.1 cm³/mol. The van der Waals surface area contributed by atoms with Gasteiger partial charge in [0.25, 0.3) is 0 Å². The first-order chi connectivity index (χ1) is 11.0. The van der Waals surface area contributed by atoms with Crippen molar-refractivity contribution >= 4 is 5.97 Å². The van der Waals surface area contributed by atoms with Gasteiger partial charge in [0, 0.05) is 13.5 Å². The zero-order chi connectivity index (χ0) is 18.3. The van der Waals surface area contributed by atoms with Gasteiger partial charge in [-0.15, -0.1) is 0 Å². The first kappa shape index (κ1) is 23.2. The second kappa shape index (κ2) is 14.8. The van der Waals surface area contributed by atoms with Crippen molar-refractivity contribution in [1.29, 1.82) is 0 Å². The molecule has 0 bridgehead atoms. The van der Waals surface area contributed by atoms with Crippen molar-refractivity contribution in [3.8, 4) is 0 Å². The van der Waals surface area contributed by atoms with Gasteiger partial charge in [0.05, 0.1) is 18.2 Å². The molecule has 1 aromatic heterocycles. The largest absolute Gasteiger partial charge is 0.459 e. The Morgan fingerprint density at radius 1 is 1.26 bits per heavy atom. The zero-order valence-electron chi connectivity index (χ0n) is 15.7. The molecule has 4 nitrogen and oxygen atoms in total. The Morgan fingerprint density at radius 2 is 1.87 bits per heavy atom. The van der Waals surface area contributed by atoms with Crippen LogP contribution in [0.15, 0.2) is 48.5 Å². The Hall–Kier alpha value is -2.10. The number of allylic oxidation sites excluding steroid dienone is 5. The summed E-state index contributed by atoms with van der Waals surface area (Å²) in [5.74, 6) is -0.287. The molecule has 0 aromatic carbocycles. The van der Waals surface area contributed by atoms with Crippen LogP contribution < -0.4 is 0 Å². The lowest BCUT2D eigenvalue weighted by atomic mass is 10.2. The number of carbonyl (C=O) groups is 1. The maximum atomic E-state index is 10.8. The molecule has 0 amide bonds. The highest BCUT2D eigenvalue weighted by Crippen LogP contribution is 2.08. The monoisotopic (exact) mass is 320 g/mol. The molecule has 4 heteroatoms. The highest BCUT2D eigenvalue weighted by molar-refractivity contribution is 5.65. The first-order valence-corrected chi connectivity index (χ1v) is 8.11. The number of hydrogen-bond acceptors (Lipinski definition) is 3. The summed E-state index contributed by atoms with van der Waals surface area (Å²) in [7, 11) is 0. The third-order valence-corrected chi connectivity index (χ3v) is 2.50. The van der Waals surface area contributed by atoms with Crippen LogP contribution in [0.4, 0.5) is 0 Å². The van der Waals surface area contributed by atoms with Crippen molar-refractivity contribution in [3.63, 3.8) is 0 Å². The van der Waals surface area contributed by atoms with Crippen molar-refractivity contribution < 1.29 is 9.53 Å². The number of hydrogen-bond donors (Lipinski definition) is 0. The Balaban J connectivity index is 0. The summed E-state index contributed by atoms with van der Waals surface area (Å²) in [6.45, 7) is 18.1. The van der Waals surface area contributed by atoms with E-state index in [9.17, 15) is 4.79 Å². The third-order valence-electron chi connectivity index (χ3n) is 2.50. The highest BCUT2D eigenvalue weighted by atomic mass is 16.5. The summed E-state index contributed by atoms with van der Waals surface area (Å²) < 4.78 is 6.95. The van der Waals surface area contributed by atoms with E-state index in [1.165, 1.54) is 12.5 Å². The van der Waals surface area contributed by atoms with Crippen LogP contribution in [0, 0.1) is 0 Å². The molecule has 0 aliphatic carbocycles. The summed E-state index contributed by atoms with van der Waals surface area (Å²) in [6.07, 6.45) is 9.27. The van der Waals surface area contributed by atoms with Crippen LogP contribution in [0.1, 0.15) is 54.2 Å². The van der Waals surface area contributed by atoms with Gasteiger partial charge in [-0.1, -0.05) is 63.6 Å². The summed E-state index contributed by atoms with van der Waals surface area (Å²) in [6, 6.07) is 0. The van der Waals surface area contributed by atoms with E-state index in [4.69, 9.17) is 4.74 Å². The number of ether oxygens (including phenoxy) is 1. The van der Waals surface area contributed by atoms with Gasteiger partial charge in [-0.3, -0.25) is 4.79 Å². The Labute approximate surface area is 141 Å². The average molecular weight is 320 g/mol. The number of rotatable bonds is 6. The van der Waals surface area contributed by atoms with E-state index in [0.29, 0.717) is 0 Å². The topological polar surface area (TPSA) is 44.1 Å². The van der Waals surface area contributed by atoms with Gasteiger partial charge in [-0.25, -0.2) is 4.98 Å². The predicted octanol–water partition coefficient (Wildman–Crippen LogP) is 5.08. The van der Waals surface area contributed by atoms with E-state index in [2.05, 4.69) is 24.6 Å². The molecule has 1 heterocycles. The van der Waals surface area contributed by atoms with Crippen LogP contribution in [0.2, 0.25) is 0 Å². The minimum atomic E-state index is -0.287. The van der Waals surface area contributed by atoms with Crippen molar-refractivity contribution in [3.05, 3.63) is 54.2 Å². The van der Waals surface area contributed by atoms with Crippen LogP contribution in [0.3, 0.4) is 0 Å². The van der Waals surface area contributed by atoms with E-state index in [1.807, 2.05) is 45.3 Å². The quantitative estimate of drug-likeness (QED) is 0.542. The molecular formula is C19H32N2O2. The molecule has 0 aliphatic rings. The minimum absolute atomic E-state index is 0.254. The van der Waals surface area contributed by atoms with Gasteiger partial charge in [-0.05, 0) is 13.8 Å².